The van der Waals surface area contributed by atoms with Crippen molar-refractivity contribution in [3.8, 4) is 0 Å². The average molecular weight is 267 g/mol. The van der Waals surface area contributed by atoms with E-state index in [1.165, 1.54) is 12.3 Å². The van der Waals surface area contributed by atoms with Gasteiger partial charge in [-0.15, -0.1) is 0 Å². The number of benzene rings is 1. The second-order valence-corrected chi connectivity index (χ2v) is 4.46. The fraction of sp³-hybridized carbons (Fsp3) is 0.250. The van der Waals surface area contributed by atoms with Crippen LogP contribution in [0.1, 0.15) is 23.7 Å². The van der Waals surface area contributed by atoms with Gasteiger partial charge >= 0.3 is 0 Å². The first kappa shape index (κ1) is 10.4. The minimum absolute atomic E-state index is 0.117. The third kappa shape index (κ3) is 2.29. The summed E-state index contributed by atoms with van der Waals surface area (Å²) in [4.78, 5) is 11.2. The zero-order valence-corrected chi connectivity index (χ0v) is 9.95. The Morgan fingerprint density at radius 2 is 2.27 bits per heavy atom. The molecule has 1 unspecified atom stereocenters. The molecule has 0 fully saturated rings. The van der Waals surface area contributed by atoms with Gasteiger partial charge in [0, 0.05) is 10.5 Å². The molecular formula is C12H11BrO2. The van der Waals surface area contributed by atoms with E-state index >= 15 is 0 Å². The highest BCUT2D eigenvalue weighted by Gasteiger charge is 2.18. The fourth-order valence-electron chi connectivity index (χ4n) is 1.57. The normalized spacial score (nSPS) is 20.1. The number of ether oxygens (including phenoxy) is 1. The van der Waals surface area contributed by atoms with E-state index in [1.54, 1.807) is 0 Å². The molecule has 2 rings (SSSR count). The fourth-order valence-corrected chi connectivity index (χ4v) is 1.82. The summed E-state index contributed by atoms with van der Waals surface area (Å²) in [6, 6.07) is 6.01. The number of carbonyl (C=O) groups is 1. The smallest absolute Gasteiger partial charge is 0.162 e. The standard InChI is InChI=1S/C12H11BrO2/c1-8-6-9(2-3-11(8)13)12-7-10(14)4-5-15-12/h2-6,12H,7H2,1H3. The van der Waals surface area contributed by atoms with Crippen molar-refractivity contribution >= 4 is 21.7 Å². The van der Waals surface area contributed by atoms with Crippen LogP contribution in [0.25, 0.3) is 0 Å². The maximum atomic E-state index is 11.2. The number of halogens is 1. The Morgan fingerprint density at radius 3 is 2.93 bits per heavy atom. The van der Waals surface area contributed by atoms with Crippen molar-refractivity contribution in [1.82, 2.24) is 0 Å². The molecule has 3 heteroatoms. The molecule has 0 saturated carbocycles. The number of allylic oxidation sites excluding steroid dienone is 1. The second kappa shape index (κ2) is 4.19. The molecule has 0 amide bonds. The SMILES string of the molecule is Cc1cc(C2CC(=O)C=CO2)ccc1Br. The quantitative estimate of drug-likeness (QED) is 0.780. The summed E-state index contributed by atoms with van der Waals surface area (Å²) in [5.41, 5.74) is 2.20. The first-order valence-corrected chi connectivity index (χ1v) is 5.57. The zero-order valence-electron chi connectivity index (χ0n) is 8.37. The summed E-state index contributed by atoms with van der Waals surface area (Å²) in [7, 11) is 0. The lowest BCUT2D eigenvalue weighted by Crippen LogP contribution is -2.11. The van der Waals surface area contributed by atoms with Gasteiger partial charge in [-0.2, -0.15) is 0 Å². The van der Waals surface area contributed by atoms with E-state index < -0.39 is 0 Å². The van der Waals surface area contributed by atoms with Gasteiger partial charge in [0.25, 0.3) is 0 Å². The van der Waals surface area contributed by atoms with Crippen molar-refractivity contribution in [1.29, 1.82) is 0 Å². The minimum atomic E-state index is -0.130. The molecule has 1 aliphatic rings. The van der Waals surface area contributed by atoms with Crippen LogP contribution in [0.5, 0.6) is 0 Å². The molecule has 0 aromatic heterocycles. The Labute approximate surface area is 97.1 Å². The predicted octanol–water partition coefficient (Wildman–Crippen LogP) is 3.30. The van der Waals surface area contributed by atoms with Crippen LogP contribution in [0, 0.1) is 6.92 Å². The molecule has 0 aliphatic carbocycles. The molecular weight excluding hydrogens is 256 g/mol. The van der Waals surface area contributed by atoms with Gasteiger partial charge in [0.15, 0.2) is 5.78 Å². The van der Waals surface area contributed by atoms with Gasteiger partial charge in [-0.05, 0) is 24.1 Å². The lowest BCUT2D eigenvalue weighted by molar-refractivity contribution is -0.118. The van der Waals surface area contributed by atoms with Crippen molar-refractivity contribution in [3.05, 3.63) is 46.1 Å². The van der Waals surface area contributed by atoms with Crippen LogP contribution in [0.15, 0.2) is 35.0 Å². The molecule has 2 nitrogen and oxygen atoms in total. The summed E-state index contributed by atoms with van der Waals surface area (Å²) < 4.78 is 6.49. The summed E-state index contributed by atoms with van der Waals surface area (Å²) in [5.74, 6) is 0.117. The van der Waals surface area contributed by atoms with Gasteiger partial charge in [-0.3, -0.25) is 4.79 Å². The van der Waals surface area contributed by atoms with E-state index in [1.807, 2.05) is 25.1 Å². The molecule has 0 N–H and O–H groups in total. The highest BCUT2D eigenvalue weighted by molar-refractivity contribution is 9.10. The Morgan fingerprint density at radius 1 is 1.47 bits per heavy atom. The van der Waals surface area contributed by atoms with E-state index in [0.29, 0.717) is 6.42 Å². The highest BCUT2D eigenvalue weighted by Crippen LogP contribution is 2.28. The van der Waals surface area contributed by atoms with Crippen LogP contribution in [0.4, 0.5) is 0 Å². The molecule has 78 valence electrons. The summed E-state index contributed by atoms with van der Waals surface area (Å²) in [6.45, 7) is 2.02. The van der Waals surface area contributed by atoms with E-state index in [4.69, 9.17) is 4.74 Å². The zero-order chi connectivity index (χ0) is 10.8. The molecule has 0 bridgehead atoms. The van der Waals surface area contributed by atoms with Crippen molar-refractivity contribution in [2.24, 2.45) is 0 Å². The number of ketones is 1. The van der Waals surface area contributed by atoms with Crippen LogP contribution < -0.4 is 0 Å². The Bertz CT molecular complexity index is 424. The molecule has 0 radical (unpaired) electrons. The molecule has 1 aromatic rings. The minimum Gasteiger partial charge on any atom is -0.493 e. The summed E-state index contributed by atoms with van der Waals surface area (Å²) in [6.07, 6.45) is 3.25. The van der Waals surface area contributed by atoms with E-state index in [9.17, 15) is 4.79 Å². The van der Waals surface area contributed by atoms with Gasteiger partial charge in [-0.1, -0.05) is 28.1 Å². The lowest BCUT2D eigenvalue weighted by atomic mass is 10.0. The first-order valence-electron chi connectivity index (χ1n) is 4.78. The van der Waals surface area contributed by atoms with Crippen molar-refractivity contribution in [2.75, 3.05) is 0 Å². The largest absolute Gasteiger partial charge is 0.493 e. The highest BCUT2D eigenvalue weighted by atomic mass is 79.9. The van der Waals surface area contributed by atoms with E-state index in [2.05, 4.69) is 15.9 Å². The Kier molecular flexibility index (Phi) is 2.91. The summed E-state index contributed by atoms with van der Waals surface area (Å²) >= 11 is 3.44. The molecule has 0 spiro atoms. The molecule has 1 heterocycles. The van der Waals surface area contributed by atoms with Crippen LogP contribution in [0.3, 0.4) is 0 Å². The average Bonchev–Trinajstić information content (AvgIpc) is 2.22. The number of rotatable bonds is 1. The van der Waals surface area contributed by atoms with Crippen LogP contribution in [-0.4, -0.2) is 5.78 Å². The molecule has 1 aromatic carbocycles. The number of aryl methyl sites for hydroxylation is 1. The number of carbonyl (C=O) groups excluding carboxylic acids is 1. The maximum Gasteiger partial charge on any atom is 0.162 e. The van der Waals surface area contributed by atoms with E-state index in [0.717, 1.165) is 15.6 Å². The van der Waals surface area contributed by atoms with Gasteiger partial charge < -0.3 is 4.74 Å². The maximum absolute atomic E-state index is 11.2. The van der Waals surface area contributed by atoms with Crippen LogP contribution in [0.2, 0.25) is 0 Å². The van der Waals surface area contributed by atoms with Crippen molar-refractivity contribution < 1.29 is 9.53 Å². The number of hydrogen-bond donors (Lipinski definition) is 0. The van der Waals surface area contributed by atoms with Gasteiger partial charge in [0.1, 0.15) is 6.10 Å². The second-order valence-electron chi connectivity index (χ2n) is 3.61. The third-order valence-corrected chi connectivity index (χ3v) is 3.33. The molecule has 1 atom stereocenters. The lowest BCUT2D eigenvalue weighted by Gasteiger charge is -2.19. The topological polar surface area (TPSA) is 26.3 Å². The number of hydrogen-bond acceptors (Lipinski definition) is 2. The monoisotopic (exact) mass is 266 g/mol. The van der Waals surface area contributed by atoms with Crippen LogP contribution >= 0.6 is 15.9 Å². The Hall–Kier alpha value is -1.09. The van der Waals surface area contributed by atoms with Crippen molar-refractivity contribution in [2.45, 2.75) is 19.4 Å². The predicted molar refractivity (Wildman–Crippen MR) is 61.5 cm³/mol. The van der Waals surface area contributed by atoms with Crippen molar-refractivity contribution in [3.63, 3.8) is 0 Å². The van der Waals surface area contributed by atoms with Gasteiger partial charge in [-0.25, -0.2) is 0 Å². The summed E-state index contributed by atoms with van der Waals surface area (Å²) in [5, 5.41) is 0. The molecule has 1 aliphatic heterocycles. The van der Waals surface area contributed by atoms with E-state index in [-0.39, 0.29) is 11.9 Å². The van der Waals surface area contributed by atoms with Gasteiger partial charge in [0.2, 0.25) is 0 Å². The molecule has 0 saturated heterocycles. The Balaban J connectivity index is 2.26. The van der Waals surface area contributed by atoms with Gasteiger partial charge in [0.05, 0.1) is 12.7 Å². The van der Waals surface area contributed by atoms with Crippen LogP contribution in [-0.2, 0) is 9.53 Å². The first-order chi connectivity index (χ1) is 7.16. The molecule has 15 heavy (non-hydrogen) atoms. The third-order valence-electron chi connectivity index (χ3n) is 2.44.